The predicted molar refractivity (Wildman–Crippen MR) is 60.2 cm³/mol. The lowest BCUT2D eigenvalue weighted by Gasteiger charge is -2.26. The number of allylic oxidation sites excluding steroid dienone is 2. The van der Waals surface area contributed by atoms with Gasteiger partial charge < -0.3 is 4.90 Å². The largest absolute Gasteiger partial charge is 0.341 e. The Bertz CT molecular complexity index is 223. The molecule has 80 valence electrons. The molecule has 3 heteroatoms. The van der Waals surface area contributed by atoms with Crippen molar-refractivity contribution in [3.8, 4) is 0 Å². The van der Waals surface area contributed by atoms with E-state index in [1.807, 2.05) is 13.8 Å². The number of nitrogens with zero attached hydrogens (tertiary/aromatic N) is 2. The summed E-state index contributed by atoms with van der Waals surface area (Å²) in [5.74, 6) is 0. The van der Waals surface area contributed by atoms with Crippen molar-refractivity contribution >= 4 is 0 Å². The highest BCUT2D eigenvalue weighted by Crippen LogP contribution is 2.20. The molecule has 2 atom stereocenters. The maximum atomic E-state index is 3.40. The van der Waals surface area contributed by atoms with Crippen LogP contribution in [0.25, 0.3) is 0 Å². The van der Waals surface area contributed by atoms with Gasteiger partial charge >= 0.3 is 0 Å². The third-order valence-corrected chi connectivity index (χ3v) is 2.45. The van der Waals surface area contributed by atoms with Gasteiger partial charge in [-0.05, 0) is 18.6 Å². The van der Waals surface area contributed by atoms with Crippen LogP contribution in [-0.4, -0.2) is 29.3 Å². The van der Waals surface area contributed by atoms with Gasteiger partial charge in [-0.2, -0.15) is 0 Å². The van der Waals surface area contributed by atoms with Crippen molar-refractivity contribution in [2.24, 2.45) is 0 Å². The summed E-state index contributed by atoms with van der Waals surface area (Å²) in [5, 5.41) is 2.15. The Morgan fingerprint density at radius 1 is 1.29 bits per heavy atom. The molecule has 1 N–H and O–H groups in total. The molecule has 0 spiro atoms. The summed E-state index contributed by atoms with van der Waals surface area (Å²) >= 11 is 0. The summed E-state index contributed by atoms with van der Waals surface area (Å²) < 4.78 is 0. The second-order valence-corrected chi connectivity index (χ2v) is 3.25. The first-order valence-electron chi connectivity index (χ1n) is 5.44. The number of fused-ring (bicyclic) bond motifs is 1. The second kappa shape index (κ2) is 5.17. The van der Waals surface area contributed by atoms with Gasteiger partial charge in [-0.3, -0.25) is 0 Å². The van der Waals surface area contributed by atoms with Crippen LogP contribution in [0, 0.1) is 0 Å². The van der Waals surface area contributed by atoms with Gasteiger partial charge in [0.2, 0.25) is 0 Å². The van der Waals surface area contributed by atoms with Gasteiger partial charge in [0, 0.05) is 13.2 Å². The third-order valence-electron chi connectivity index (χ3n) is 2.45. The van der Waals surface area contributed by atoms with Gasteiger partial charge in [0.25, 0.3) is 0 Å². The molecule has 3 nitrogen and oxygen atoms in total. The van der Waals surface area contributed by atoms with E-state index in [4.69, 9.17) is 0 Å². The van der Waals surface area contributed by atoms with Crippen molar-refractivity contribution < 1.29 is 0 Å². The van der Waals surface area contributed by atoms with Gasteiger partial charge in [0.05, 0.1) is 6.17 Å². The first-order chi connectivity index (χ1) is 6.83. The fourth-order valence-electron chi connectivity index (χ4n) is 1.80. The Morgan fingerprint density at radius 2 is 2.00 bits per heavy atom. The minimum atomic E-state index is 0.403. The van der Waals surface area contributed by atoms with Crippen LogP contribution < -0.4 is 5.43 Å². The maximum Gasteiger partial charge on any atom is 0.115 e. The quantitative estimate of drug-likeness (QED) is 0.689. The summed E-state index contributed by atoms with van der Waals surface area (Å²) in [6.45, 7) is 6.19. The fourth-order valence-corrected chi connectivity index (χ4v) is 1.80. The van der Waals surface area contributed by atoms with Crippen LogP contribution in [-0.2, 0) is 0 Å². The summed E-state index contributed by atoms with van der Waals surface area (Å²) in [4.78, 5) is 2.33. The highest BCUT2D eigenvalue weighted by atomic mass is 15.7. The highest BCUT2D eigenvalue weighted by molar-refractivity contribution is 5.14. The molecule has 2 aliphatic heterocycles. The standard InChI is InChI=1S/C9H15N3.C2H6/c1-3-8-10-11(2)9-6-4-5-7-12(8)9;1-2/h4-10H,3H2,1-2H3;1-2H3. The van der Waals surface area contributed by atoms with Crippen molar-refractivity contribution in [3.05, 3.63) is 24.4 Å². The average Bonchev–Trinajstić information content (AvgIpc) is 2.59. The van der Waals surface area contributed by atoms with Gasteiger partial charge in [0.1, 0.15) is 6.17 Å². The number of hydrogen-bond donors (Lipinski definition) is 1. The van der Waals surface area contributed by atoms with Gasteiger partial charge in [-0.15, -0.1) is 0 Å². The van der Waals surface area contributed by atoms with Gasteiger partial charge in [-0.1, -0.05) is 26.8 Å². The van der Waals surface area contributed by atoms with Crippen molar-refractivity contribution in [3.63, 3.8) is 0 Å². The summed E-state index contributed by atoms with van der Waals surface area (Å²) in [7, 11) is 2.08. The maximum absolute atomic E-state index is 3.40. The van der Waals surface area contributed by atoms with E-state index in [2.05, 4.69) is 53.7 Å². The molecular formula is C11H21N3. The first-order valence-corrected chi connectivity index (χ1v) is 5.44. The SMILES string of the molecule is CC.CCC1NN(C)C2C=CC=CN12. The predicted octanol–water partition coefficient (Wildman–Crippen LogP) is 1.91. The number of nitrogens with one attached hydrogen (secondary N) is 1. The minimum Gasteiger partial charge on any atom is -0.341 e. The molecule has 2 rings (SSSR count). The second-order valence-electron chi connectivity index (χ2n) is 3.25. The Kier molecular flexibility index (Phi) is 4.17. The zero-order valence-corrected chi connectivity index (χ0v) is 9.57. The molecule has 2 unspecified atom stereocenters. The Labute approximate surface area is 87.0 Å². The fraction of sp³-hybridized carbons (Fsp3) is 0.636. The van der Waals surface area contributed by atoms with E-state index in [9.17, 15) is 0 Å². The monoisotopic (exact) mass is 195 g/mol. The first kappa shape index (κ1) is 11.3. The zero-order valence-electron chi connectivity index (χ0n) is 9.57. The molecule has 0 aromatic rings. The number of hydrogen-bond acceptors (Lipinski definition) is 3. The molecule has 1 fully saturated rings. The van der Waals surface area contributed by atoms with Crippen LogP contribution >= 0.6 is 0 Å². The van der Waals surface area contributed by atoms with Crippen LogP contribution in [0.2, 0.25) is 0 Å². The number of hydrazine groups is 1. The van der Waals surface area contributed by atoms with E-state index in [1.54, 1.807) is 0 Å². The summed E-state index contributed by atoms with van der Waals surface area (Å²) in [5.41, 5.74) is 3.40. The molecule has 0 amide bonds. The van der Waals surface area contributed by atoms with E-state index in [1.165, 1.54) is 0 Å². The number of likely N-dealkylation sites (N-methyl/N-ethyl adjacent to an activating group) is 1. The van der Waals surface area contributed by atoms with Crippen LogP contribution in [0.3, 0.4) is 0 Å². The summed E-state index contributed by atoms with van der Waals surface area (Å²) in [6.07, 6.45) is 10.5. The van der Waals surface area contributed by atoms with E-state index < -0.39 is 0 Å². The van der Waals surface area contributed by atoms with E-state index in [0.29, 0.717) is 12.3 Å². The van der Waals surface area contributed by atoms with Crippen molar-refractivity contribution in [2.75, 3.05) is 7.05 Å². The molecule has 0 aromatic heterocycles. The average molecular weight is 195 g/mol. The van der Waals surface area contributed by atoms with E-state index in [0.717, 1.165) is 6.42 Å². The third kappa shape index (κ3) is 1.99. The molecule has 14 heavy (non-hydrogen) atoms. The zero-order chi connectivity index (χ0) is 10.6. The lowest BCUT2D eigenvalue weighted by molar-refractivity contribution is 0.221. The lowest BCUT2D eigenvalue weighted by atomic mass is 10.2. The van der Waals surface area contributed by atoms with Crippen LogP contribution in [0.1, 0.15) is 27.2 Å². The van der Waals surface area contributed by atoms with E-state index >= 15 is 0 Å². The molecule has 1 saturated heterocycles. The Morgan fingerprint density at radius 3 is 2.64 bits per heavy atom. The summed E-state index contributed by atoms with van der Waals surface area (Å²) in [6, 6.07) is 0. The van der Waals surface area contributed by atoms with Gasteiger partial charge in [0.15, 0.2) is 0 Å². The molecule has 0 aliphatic carbocycles. The van der Waals surface area contributed by atoms with Crippen molar-refractivity contribution in [1.29, 1.82) is 0 Å². The molecule has 2 heterocycles. The lowest BCUT2D eigenvalue weighted by Crippen LogP contribution is -2.35. The van der Waals surface area contributed by atoms with Crippen LogP contribution in [0.5, 0.6) is 0 Å². The molecule has 0 radical (unpaired) electrons. The van der Waals surface area contributed by atoms with Crippen LogP contribution in [0.4, 0.5) is 0 Å². The normalized spacial score (nSPS) is 29.9. The van der Waals surface area contributed by atoms with Crippen LogP contribution in [0.15, 0.2) is 24.4 Å². The molecule has 0 bridgehead atoms. The van der Waals surface area contributed by atoms with Crippen molar-refractivity contribution in [2.45, 2.75) is 39.5 Å². The number of rotatable bonds is 1. The smallest absolute Gasteiger partial charge is 0.115 e. The van der Waals surface area contributed by atoms with Crippen molar-refractivity contribution in [1.82, 2.24) is 15.3 Å². The Hall–Kier alpha value is -0.800. The molecular weight excluding hydrogens is 174 g/mol. The molecule has 0 saturated carbocycles. The Balaban J connectivity index is 0.000000461. The van der Waals surface area contributed by atoms with E-state index in [-0.39, 0.29) is 0 Å². The topological polar surface area (TPSA) is 18.5 Å². The molecule has 0 aromatic carbocycles. The molecule has 2 aliphatic rings. The van der Waals surface area contributed by atoms with Gasteiger partial charge in [-0.25, -0.2) is 10.4 Å². The highest BCUT2D eigenvalue weighted by Gasteiger charge is 2.32. The minimum absolute atomic E-state index is 0.403.